The number of nitrogens with one attached hydrogen (secondary N) is 1. The van der Waals surface area contributed by atoms with Gasteiger partial charge in [-0.2, -0.15) is 13.2 Å². The second-order valence-electron chi connectivity index (χ2n) is 4.92. The van der Waals surface area contributed by atoms with Crippen LogP contribution in [0.4, 0.5) is 19.0 Å². The number of amides is 1. The van der Waals surface area contributed by atoms with E-state index < -0.39 is 23.8 Å². The molecule has 1 aromatic carbocycles. The van der Waals surface area contributed by atoms with Gasteiger partial charge in [-0.25, -0.2) is 4.98 Å². The Morgan fingerprint density at radius 1 is 1.25 bits per heavy atom. The number of ether oxygens (including phenoxy) is 2. The van der Waals surface area contributed by atoms with Crippen LogP contribution < -0.4 is 14.8 Å². The lowest BCUT2D eigenvalue weighted by Crippen LogP contribution is -2.40. The van der Waals surface area contributed by atoms with E-state index in [0.717, 1.165) is 0 Å². The summed E-state index contributed by atoms with van der Waals surface area (Å²) in [6.07, 6.45) is -5.62. The topological polar surface area (TPSA) is 60.5 Å². The number of para-hydroxylation sites is 2. The molecule has 1 N–H and O–H groups in total. The zero-order valence-electron chi connectivity index (χ0n) is 11.9. The highest BCUT2D eigenvalue weighted by Gasteiger charge is 2.32. The maximum atomic E-state index is 12.8. The van der Waals surface area contributed by atoms with Crippen molar-refractivity contribution in [3.05, 3.63) is 47.1 Å². The van der Waals surface area contributed by atoms with Crippen LogP contribution in [-0.2, 0) is 11.0 Å². The van der Waals surface area contributed by atoms with Crippen molar-refractivity contribution in [1.82, 2.24) is 4.98 Å². The molecule has 5 nitrogen and oxygen atoms in total. The molecule has 24 heavy (non-hydrogen) atoms. The van der Waals surface area contributed by atoms with E-state index >= 15 is 0 Å². The van der Waals surface area contributed by atoms with Crippen LogP contribution >= 0.6 is 11.6 Å². The van der Waals surface area contributed by atoms with Gasteiger partial charge in [0.1, 0.15) is 17.6 Å². The SMILES string of the molecule is O=C(Nc1cc(C(F)(F)F)cc(Cl)n1)C1COc2ccccc2O1. The highest BCUT2D eigenvalue weighted by molar-refractivity contribution is 6.29. The molecule has 1 aromatic heterocycles. The Morgan fingerprint density at radius 3 is 2.67 bits per heavy atom. The maximum Gasteiger partial charge on any atom is 0.416 e. The minimum Gasteiger partial charge on any atom is -0.485 e. The first-order valence-electron chi connectivity index (χ1n) is 6.77. The van der Waals surface area contributed by atoms with E-state index in [1.807, 2.05) is 0 Å². The summed E-state index contributed by atoms with van der Waals surface area (Å²) in [5.41, 5.74) is -1.01. The van der Waals surface area contributed by atoms with Crippen molar-refractivity contribution in [2.45, 2.75) is 12.3 Å². The zero-order chi connectivity index (χ0) is 17.3. The van der Waals surface area contributed by atoms with Crippen molar-refractivity contribution < 1.29 is 27.4 Å². The molecule has 1 atom stereocenters. The molecule has 1 aliphatic heterocycles. The molecule has 0 saturated heterocycles. The maximum absolute atomic E-state index is 12.8. The average molecular weight is 359 g/mol. The number of carbonyl (C=O) groups excluding carboxylic acids is 1. The number of aromatic nitrogens is 1. The fourth-order valence-corrected chi connectivity index (χ4v) is 2.29. The van der Waals surface area contributed by atoms with Crippen LogP contribution in [0.2, 0.25) is 5.15 Å². The van der Waals surface area contributed by atoms with E-state index in [1.165, 1.54) is 0 Å². The molecule has 0 bridgehead atoms. The summed E-state index contributed by atoms with van der Waals surface area (Å²) in [5.74, 6) is -0.143. The van der Waals surface area contributed by atoms with E-state index in [4.69, 9.17) is 21.1 Å². The molecular formula is C15H10ClF3N2O3. The predicted octanol–water partition coefficient (Wildman–Crippen LogP) is 3.53. The molecule has 0 spiro atoms. The van der Waals surface area contributed by atoms with Gasteiger partial charge in [0.25, 0.3) is 5.91 Å². The van der Waals surface area contributed by atoms with E-state index in [0.29, 0.717) is 23.6 Å². The molecule has 1 unspecified atom stereocenters. The molecule has 3 rings (SSSR count). The molecule has 0 fully saturated rings. The van der Waals surface area contributed by atoms with Crippen LogP contribution in [0.25, 0.3) is 0 Å². The molecular weight excluding hydrogens is 349 g/mol. The fourth-order valence-electron chi connectivity index (χ4n) is 2.08. The van der Waals surface area contributed by atoms with E-state index in [1.54, 1.807) is 24.3 Å². The Bertz CT molecular complexity index is 783. The minimum absolute atomic E-state index is 0.0739. The van der Waals surface area contributed by atoms with Gasteiger partial charge >= 0.3 is 6.18 Å². The summed E-state index contributed by atoms with van der Waals surface area (Å²) in [6.45, 7) is -0.0739. The Hall–Kier alpha value is -2.48. The van der Waals surface area contributed by atoms with Crippen LogP contribution in [0.1, 0.15) is 5.56 Å². The lowest BCUT2D eigenvalue weighted by Gasteiger charge is -2.25. The third-order valence-corrected chi connectivity index (χ3v) is 3.37. The molecule has 0 aliphatic carbocycles. The summed E-state index contributed by atoms with van der Waals surface area (Å²) < 4.78 is 49.1. The number of hydrogen-bond acceptors (Lipinski definition) is 4. The zero-order valence-corrected chi connectivity index (χ0v) is 12.7. The quantitative estimate of drug-likeness (QED) is 0.834. The number of hydrogen-bond donors (Lipinski definition) is 1. The van der Waals surface area contributed by atoms with Crippen LogP contribution in [0.5, 0.6) is 11.5 Å². The van der Waals surface area contributed by atoms with Gasteiger partial charge in [-0.3, -0.25) is 4.79 Å². The molecule has 1 aliphatic rings. The number of fused-ring (bicyclic) bond motifs is 1. The minimum atomic E-state index is -4.60. The Labute approximate surface area is 139 Å². The number of anilines is 1. The highest BCUT2D eigenvalue weighted by Crippen LogP contribution is 2.33. The van der Waals surface area contributed by atoms with Crippen LogP contribution in [0.15, 0.2) is 36.4 Å². The van der Waals surface area contributed by atoms with Gasteiger partial charge in [-0.1, -0.05) is 23.7 Å². The van der Waals surface area contributed by atoms with E-state index in [9.17, 15) is 18.0 Å². The standard InChI is InChI=1S/C15H10ClF3N2O3/c16-12-5-8(15(17,18)19)6-13(20-12)21-14(22)11-7-23-9-3-1-2-4-10(9)24-11/h1-6,11H,7H2,(H,20,21,22). The lowest BCUT2D eigenvalue weighted by atomic mass is 10.2. The monoisotopic (exact) mass is 358 g/mol. The number of carbonyl (C=O) groups is 1. The largest absolute Gasteiger partial charge is 0.485 e. The van der Waals surface area contributed by atoms with Crippen LogP contribution in [0, 0.1) is 0 Å². The molecule has 2 aromatic rings. The van der Waals surface area contributed by atoms with Gasteiger partial charge in [0.05, 0.1) is 5.56 Å². The summed E-state index contributed by atoms with van der Waals surface area (Å²) >= 11 is 5.57. The number of pyridine rings is 1. The van der Waals surface area contributed by atoms with Crippen LogP contribution in [0.3, 0.4) is 0 Å². The third-order valence-electron chi connectivity index (χ3n) is 3.17. The Balaban J connectivity index is 1.75. The number of halogens is 4. The van der Waals surface area contributed by atoms with Crippen molar-refractivity contribution in [2.24, 2.45) is 0 Å². The second kappa shape index (κ2) is 6.20. The highest BCUT2D eigenvalue weighted by atomic mass is 35.5. The van der Waals surface area contributed by atoms with Gasteiger partial charge < -0.3 is 14.8 Å². The number of nitrogens with zero attached hydrogens (tertiary/aromatic N) is 1. The second-order valence-corrected chi connectivity index (χ2v) is 5.30. The summed E-state index contributed by atoms with van der Waals surface area (Å²) in [4.78, 5) is 15.8. The first kappa shape index (κ1) is 16.4. The molecule has 126 valence electrons. The molecule has 2 heterocycles. The van der Waals surface area contributed by atoms with Crippen molar-refractivity contribution in [1.29, 1.82) is 0 Å². The first-order valence-corrected chi connectivity index (χ1v) is 7.15. The Kier molecular flexibility index (Phi) is 4.23. The van der Waals surface area contributed by atoms with Crippen molar-refractivity contribution in [3.63, 3.8) is 0 Å². The number of rotatable bonds is 2. The molecule has 1 amide bonds. The smallest absolute Gasteiger partial charge is 0.416 e. The summed E-state index contributed by atoms with van der Waals surface area (Å²) in [6, 6.07) is 8.12. The number of benzene rings is 1. The molecule has 9 heteroatoms. The van der Waals surface area contributed by atoms with Crippen molar-refractivity contribution in [2.75, 3.05) is 11.9 Å². The summed E-state index contributed by atoms with van der Waals surface area (Å²) in [5, 5.41) is 1.87. The number of alkyl halides is 3. The normalized spacial score (nSPS) is 16.6. The van der Waals surface area contributed by atoms with Gasteiger partial charge in [-0.05, 0) is 24.3 Å². The van der Waals surface area contributed by atoms with Crippen molar-refractivity contribution in [3.8, 4) is 11.5 Å². The first-order chi connectivity index (χ1) is 11.3. The predicted molar refractivity (Wildman–Crippen MR) is 79.2 cm³/mol. The average Bonchev–Trinajstić information content (AvgIpc) is 2.53. The molecule has 0 radical (unpaired) electrons. The van der Waals surface area contributed by atoms with Gasteiger partial charge in [0.15, 0.2) is 11.5 Å². The van der Waals surface area contributed by atoms with Crippen LogP contribution in [-0.4, -0.2) is 23.6 Å². The van der Waals surface area contributed by atoms with Gasteiger partial charge in [-0.15, -0.1) is 0 Å². The van der Waals surface area contributed by atoms with E-state index in [-0.39, 0.29) is 17.6 Å². The lowest BCUT2D eigenvalue weighted by molar-refractivity contribution is -0.137. The summed E-state index contributed by atoms with van der Waals surface area (Å²) in [7, 11) is 0. The molecule has 0 saturated carbocycles. The Morgan fingerprint density at radius 2 is 1.96 bits per heavy atom. The fraction of sp³-hybridized carbons (Fsp3) is 0.200. The third kappa shape index (κ3) is 3.53. The van der Waals surface area contributed by atoms with Crippen molar-refractivity contribution >= 4 is 23.3 Å². The van der Waals surface area contributed by atoms with Gasteiger partial charge in [0, 0.05) is 0 Å². The van der Waals surface area contributed by atoms with E-state index in [2.05, 4.69) is 10.3 Å². The van der Waals surface area contributed by atoms with Gasteiger partial charge in [0.2, 0.25) is 6.10 Å².